The summed E-state index contributed by atoms with van der Waals surface area (Å²) in [6, 6.07) is 4.42. The Morgan fingerprint density at radius 2 is 2.05 bits per heavy atom. The van der Waals surface area contributed by atoms with Crippen LogP contribution in [0.2, 0.25) is 10.0 Å². The van der Waals surface area contributed by atoms with Crippen LogP contribution in [0.25, 0.3) is 0 Å². The van der Waals surface area contributed by atoms with Gasteiger partial charge in [-0.3, -0.25) is 4.79 Å². The average molecular weight is 318 g/mol. The number of halogens is 2. The molecule has 1 aromatic rings. The lowest BCUT2D eigenvalue weighted by Gasteiger charge is -2.12. The maximum absolute atomic E-state index is 11.6. The van der Waals surface area contributed by atoms with Gasteiger partial charge in [-0.05, 0) is 37.0 Å². The highest BCUT2D eigenvalue weighted by molar-refractivity contribution is 6.35. The van der Waals surface area contributed by atoms with E-state index in [4.69, 9.17) is 28.3 Å². The molecule has 0 saturated carbocycles. The molecule has 1 aromatic carbocycles. The van der Waals surface area contributed by atoms with E-state index >= 15 is 0 Å². The van der Waals surface area contributed by atoms with E-state index in [0.717, 1.165) is 5.56 Å². The molecule has 6 heteroatoms. The van der Waals surface area contributed by atoms with Crippen LogP contribution >= 0.6 is 23.2 Å². The Morgan fingerprint density at radius 3 is 2.60 bits per heavy atom. The van der Waals surface area contributed by atoms with Crippen molar-refractivity contribution < 1.29 is 14.7 Å². The van der Waals surface area contributed by atoms with Gasteiger partial charge >= 0.3 is 5.97 Å². The van der Waals surface area contributed by atoms with E-state index in [1.165, 1.54) is 0 Å². The normalized spacial score (nSPS) is 11.9. The number of carbonyl (C=O) groups excluding carboxylic acids is 1. The molecular weight excluding hydrogens is 301 g/mol. The van der Waals surface area contributed by atoms with Crippen LogP contribution in [0.5, 0.6) is 0 Å². The number of benzene rings is 1. The maximum atomic E-state index is 11.6. The van der Waals surface area contributed by atoms with Gasteiger partial charge in [-0.1, -0.05) is 36.2 Å². The Kier molecular flexibility index (Phi) is 6.82. The predicted molar refractivity (Wildman–Crippen MR) is 79.3 cm³/mol. The molecule has 0 fully saturated rings. The van der Waals surface area contributed by atoms with Crippen LogP contribution in [0.4, 0.5) is 0 Å². The van der Waals surface area contributed by atoms with Gasteiger partial charge < -0.3 is 10.4 Å². The van der Waals surface area contributed by atoms with E-state index < -0.39 is 12.0 Å². The average Bonchev–Trinajstić information content (AvgIpc) is 2.38. The van der Waals surface area contributed by atoms with E-state index in [-0.39, 0.29) is 12.3 Å². The van der Waals surface area contributed by atoms with Crippen molar-refractivity contribution in [1.29, 1.82) is 0 Å². The summed E-state index contributed by atoms with van der Waals surface area (Å²) in [6.07, 6.45) is 1.88. The third-order valence-corrected chi connectivity index (χ3v) is 3.49. The van der Waals surface area contributed by atoms with Gasteiger partial charge in [0.15, 0.2) is 0 Å². The lowest BCUT2D eigenvalue weighted by atomic mass is 10.1. The fourth-order valence-corrected chi connectivity index (χ4v) is 2.27. The molecule has 0 aliphatic carbocycles. The second kappa shape index (κ2) is 8.12. The Bertz CT molecular complexity index is 491. The van der Waals surface area contributed by atoms with Crippen molar-refractivity contribution in [2.24, 2.45) is 0 Å². The third-order valence-electron chi connectivity index (χ3n) is 2.91. The number of carboxylic acids is 1. The molecule has 2 N–H and O–H groups in total. The summed E-state index contributed by atoms with van der Waals surface area (Å²) in [4.78, 5) is 22.4. The lowest BCUT2D eigenvalue weighted by Crippen LogP contribution is -2.40. The summed E-state index contributed by atoms with van der Waals surface area (Å²) in [5.74, 6) is -1.27. The van der Waals surface area contributed by atoms with Crippen molar-refractivity contribution in [2.45, 2.75) is 38.6 Å². The number of hydrogen-bond acceptors (Lipinski definition) is 2. The topological polar surface area (TPSA) is 66.4 Å². The van der Waals surface area contributed by atoms with Crippen molar-refractivity contribution in [2.75, 3.05) is 0 Å². The van der Waals surface area contributed by atoms with E-state index in [2.05, 4.69) is 5.32 Å². The summed E-state index contributed by atoms with van der Waals surface area (Å²) in [5.41, 5.74) is 0.925. The highest BCUT2D eigenvalue weighted by atomic mass is 35.5. The fraction of sp³-hybridized carbons (Fsp3) is 0.429. The zero-order valence-electron chi connectivity index (χ0n) is 11.2. The smallest absolute Gasteiger partial charge is 0.326 e. The van der Waals surface area contributed by atoms with Crippen LogP contribution < -0.4 is 5.32 Å². The zero-order valence-corrected chi connectivity index (χ0v) is 12.7. The van der Waals surface area contributed by atoms with Crippen LogP contribution in [0, 0.1) is 0 Å². The first-order chi connectivity index (χ1) is 9.43. The first-order valence-corrected chi connectivity index (χ1v) is 7.15. The molecule has 0 radical (unpaired) electrons. The van der Waals surface area contributed by atoms with Crippen LogP contribution in [0.3, 0.4) is 0 Å². The van der Waals surface area contributed by atoms with Crippen LogP contribution in [0.1, 0.15) is 31.7 Å². The molecule has 0 aliphatic heterocycles. The zero-order chi connectivity index (χ0) is 15.1. The Hall–Kier alpha value is -1.26. The molecule has 1 unspecified atom stereocenters. The molecule has 1 rings (SSSR count). The number of nitrogens with one attached hydrogen (secondary N) is 1. The molecule has 110 valence electrons. The van der Waals surface area contributed by atoms with Gasteiger partial charge in [-0.15, -0.1) is 0 Å². The number of rotatable bonds is 7. The Balaban J connectivity index is 2.40. The molecule has 1 amide bonds. The highest BCUT2D eigenvalue weighted by Crippen LogP contribution is 2.22. The van der Waals surface area contributed by atoms with E-state index in [1.54, 1.807) is 19.1 Å². The van der Waals surface area contributed by atoms with Gasteiger partial charge in [0.05, 0.1) is 0 Å². The quantitative estimate of drug-likeness (QED) is 0.810. The van der Waals surface area contributed by atoms with Gasteiger partial charge in [0.25, 0.3) is 0 Å². The molecule has 4 nitrogen and oxygen atoms in total. The number of amides is 1. The third kappa shape index (κ3) is 5.39. The first kappa shape index (κ1) is 16.8. The minimum atomic E-state index is -1.01. The molecule has 0 aliphatic rings. The van der Waals surface area contributed by atoms with Gasteiger partial charge in [0, 0.05) is 16.5 Å². The Labute approximate surface area is 128 Å². The van der Waals surface area contributed by atoms with Crippen molar-refractivity contribution in [3.8, 4) is 0 Å². The van der Waals surface area contributed by atoms with Crippen molar-refractivity contribution in [3.63, 3.8) is 0 Å². The molecule has 0 spiro atoms. The molecule has 0 bridgehead atoms. The number of aryl methyl sites for hydroxylation is 1. The monoisotopic (exact) mass is 317 g/mol. The summed E-state index contributed by atoms with van der Waals surface area (Å²) in [7, 11) is 0. The number of carboxylic acid groups (broad SMARTS) is 1. The SMILES string of the molecule is CCC(NC(=O)CCCc1ccc(Cl)cc1Cl)C(=O)O. The highest BCUT2D eigenvalue weighted by Gasteiger charge is 2.17. The van der Waals surface area contributed by atoms with Crippen molar-refractivity contribution >= 4 is 35.1 Å². The first-order valence-electron chi connectivity index (χ1n) is 6.40. The summed E-state index contributed by atoms with van der Waals surface area (Å²) >= 11 is 11.8. The van der Waals surface area contributed by atoms with Gasteiger partial charge in [0.2, 0.25) is 5.91 Å². The minimum absolute atomic E-state index is 0.260. The minimum Gasteiger partial charge on any atom is -0.480 e. The fourth-order valence-electron chi connectivity index (χ4n) is 1.77. The molecular formula is C14H17Cl2NO3. The van der Waals surface area contributed by atoms with Gasteiger partial charge in [0.1, 0.15) is 6.04 Å². The largest absolute Gasteiger partial charge is 0.480 e. The van der Waals surface area contributed by atoms with E-state index in [9.17, 15) is 9.59 Å². The molecule has 0 heterocycles. The predicted octanol–water partition coefficient (Wildman–Crippen LogP) is 3.30. The maximum Gasteiger partial charge on any atom is 0.326 e. The molecule has 20 heavy (non-hydrogen) atoms. The summed E-state index contributed by atoms with van der Waals surface area (Å²) in [5, 5.41) is 12.5. The molecule has 0 saturated heterocycles. The second-order valence-electron chi connectivity index (χ2n) is 4.46. The second-order valence-corrected chi connectivity index (χ2v) is 5.30. The van der Waals surface area contributed by atoms with Gasteiger partial charge in [-0.25, -0.2) is 4.79 Å². The number of aliphatic carboxylic acids is 1. The van der Waals surface area contributed by atoms with Crippen LogP contribution in [-0.4, -0.2) is 23.0 Å². The number of carbonyl (C=O) groups is 2. The van der Waals surface area contributed by atoms with E-state index in [1.807, 2.05) is 6.07 Å². The van der Waals surface area contributed by atoms with Crippen molar-refractivity contribution in [3.05, 3.63) is 33.8 Å². The Morgan fingerprint density at radius 1 is 1.35 bits per heavy atom. The lowest BCUT2D eigenvalue weighted by molar-refractivity contribution is -0.141. The van der Waals surface area contributed by atoms with Crippen molar-refractivity contribution in [1.82, 2.24) is 5.32 Å². The van der Waals surface area contributed by atoms with E-state index in [0.29, 0.717) is 29.3 Å². The van der Waals surface area contributed by atoms with Crippen LogP contribution in [0.15, 0.2) is 18.2 Å². The number of hydrogen-bond donors (Lipinski definition) is 2. The molecule has 1 atom stereocenters. The van der Waals surface area contributed by atoms with Gasteiger partial charge in [-0.2, -0.15) is 0 Å². The summed E-state index contributed by atoms with van der Waals surface area (Å²) < 4.78 is 0. The summed E-state index contributed by atoms with van der Waals surface area (Å²) in [6.45, 7) is 1.71. The van der Waals surface area contributed by atoms with Crippen LogP contribution in [-0.2, 0) is 16.0 Å². The molecule has 0 aromatic heterocycles. The standard InChI is InChI=1S/C14H17Cl2NO3/c1-2-12(14(19)20)17-13(18)5-3-4-9-6-7-10(15)8-11(9)16/h6-8,12H,2-5H2,1H3,(H,17,18)(H,19,20).